The van der Waals surface area contributed by atoms with Crippen molar-refractivity contribution in [3.05, 3.63) is 113 Å². The lowest BCUT2D eigenvalue weighted by Gasteiger charge is -2.16. The van der Waals surface area contributed by atoms with E-state index in [0.29, 0.717) is 29.2 Å². The maximum atomic E-state index is 12.6. The van der Waals surface area contributed by atoms with Crippen LogP contribution in [0.15, 0.2) is 91.0 Å². The van der Waals surface area contributed by atoms with E-state index >= 15 is 0 Å². The van der Waals surface area contributed by atoms with Crippen molar-refractivity contribution in [2.75, 3.05) is 0 Å². The quantitative estimate of drug-likeness (QED) is 0.212. The Morgan fingerprint density at radius 1 is 0.925 bits per heavy atom. The Kier molecular flexibility index (Phi) is 7.46. The van der Waals surface area contributed by atoms with Gasteiger partial charge in [0.1, 0.15) is 23.9 Å². The Balaban J connectivity index is 1.45. The van der Waals surface area contributed by atoms with Crippen LogP contribution in [0.25, 0.3) is 22.4 Å². The first-order chi connectivity index (χ1) is 19.2. The highest BCUT2D eigenvalue weighted by molar-refractivity contribution is 5.81. The minimum absolute atomic E-state index is 0.0903. The number of aliphatic carboxylic acids is 1. The number of hydrogen-bond acceptors (Lipinski definition) is 4. The molecule has 0 aliphatic heterocycles. The molecule has 6 nitrogen and oxygen atoms in total. The second-order valence-corrected chi connectivity index (χ2v) is 9.31. The van der Waals surface area contributed by atoms with Gasteiger partial charge < -0.3 is 19.1 Å². The standard InChI is InChI=1S/C31H25F3N2O4/c1-20-10-11-21(17-29(37)38)16-28(20)39-19-24-7-3-2-6-23(24)18-36-27-9-5-4-8-26(27)35-30(36)22-12-14-25(15-13-22)40-31(32,33)34/h2-16H,17-19H2,1H3,(H,37,38). The summed E-state index contributed by atoms with van der Waals surface area (Å²) in [5.74, 6) is 0.00587. The molecule has 0 bridgehead atoms. The van der Waals surface area contributed by atoms with Crippen LogP contribution >= 0.6 is 0 Å². The number of imidazole rings is 1. The number of benzene rings is 4. The van der Waals surface area contributed by atoms with Crippen molar-refractivity contribution >= 4 is 17.0 Å². The zero-order chi connectivity index (χ0) is 28.3. The Labute approximate surface area is 228 Å². The molecule has 0 spiro atoms. The van der Waals surface area contributed by atoms with Crippen LogP contribution in [0.3, 0.4) is 0 Å². The molecular weight excluding hydrogens is 521 g/mol. The van der Waals surface area contributed by atoms with Gasteiger partial charge in [0.15, 0.2) is 0 Å². The van der Waals surface area contributed by atoms with Crippen LogP contribution in [0.2, 0.25) is 0 Å². The van der Waals surface area contributed by atoms with E-state index in [2.05, 4.69) is 4.74 Å². The predicted molar refractivity (Wildman–Crippen MR) is 144 cm³/mol. The van der Waals surface area contributed by atoms with Crippen LogP contribution in [0, 0.1) is 6.92 Å². The van der Waals surface area contributed by atoms with Crippen LogP contribution in [0.4, 0.5) is 13.2 Å². The number of carboxylic acid groups (broad SMARTS) is 1. The lowest BCUT2D eigenvalue weighted by atomic mass is 10.1. The van der Waals surface area contributed by atoms with Crippen molar-refractivity contribution in [2.45, 2.75) is 32.9 Å². The first-order valence-electron chi connectivity index (χ1n) is 12.5. The summed E-state index contributed by atoms with van der Waals surface area (Å²) < 4.78 is 50.1. The van der Waals surface area contributed by atoms with Crippen molar-refractivity contribution in [1.82, 2.24) is 9.55 Å². The monoisotopic (exact) mass is 546 g/mol. The number of nitrogens with zero attached hydrogens (tertiary/aromatic N) is 2. The molecule has 0 saturated carbocycles. The van der Waals surface area contributed by atoms with E-state index < -0.39 is 12.3 Å². The van der Waals surface area contributed by atoms with E-state index in [1.165, 1.54) is 12.1 Å². The zero-order valence-corrected chi connectivity index (χ0v) is 21.5. The fraction of sp³-hybridized carbons (Fsp3) is 0.161. The number of para-hydroxylation sites is 2. The highest BCUT2D eigenvalue weighted by Gasteiger charge is 2.31. The van der Waals surface area contributed by atoms with Crippen molar-refractivity contribution in [3.8, 4) is 22.9 Å². The first kappa shape index (κ1) is 26.8. The maximum Gasteiger partial charge on any atom is 0.573 e. The number of rotatable bonds is 9. The summed E-state index contributed by atoms with van der Waals surface area (Å²) in [6.45, 7) is 2.61. The Bertz CT molecular complexity index is 1660. The van der Waals surface area contributed by atoms with Gasteiger partial charge in [0, 0.05) is 5.56 Å². The van der Waals surface area contributed by atoms with Crippen molar-refractivity contribution in [3.63, 3.8) is 0 Å². The minimum atomic E-state index is -4.77. The molecule has 0 atom stereocenters. The molecule has 5 rings (SSSR count). The molecule has 1 aromatic heterocycles. The predicted octanol–water partition coefficient (Wildman–Crippen LogP) is 7.16. The molecule has 1 N–H and O–H groups in total. The third-order valence-corrected chi connectivity index (χ3v) is 6.44. The molecule has 4 aromatic carbocycles. The highest BCUT2D eigenvalue weighted by Crippen LogP contribution is 2.30. The fourth-order valence-electron chi connectivity index (χ4n) is 4.52. The summed E-state index contributed by atoms with van der Waals surface area (Å²) in [4.78, 5) is 15.9. The number of alkyl halides is 3. The molecule has 0 unspecified atom stereocenters. The van der Waals surface area contributed by atoms with Crippen LogP contribution in [-0.4, -0.2) is 27.0 Å². The summed E-state index contributed by atoms with van der Waals surface area (Å²) >= 11 is 0. The summed E-state index contributed by atoms with van der Waals surface area (Å²) in [7, 11) is 0. The largest absolute Gasteiger partial charge is 0.573 e. The van der Waals surface area contributed by atoms with Crippen LogP contribution in [0.5, 0.6) is 11.5 Å². The molecular formula is C31H25F3N2O4. The molecule has 40 heavy (non-hydrogen) atoms. The van der Waals surface area contributed by atoms with Gasteiger partial charge in [-0.2, -0.15) is 0 Å². The number of aromatic nitrogens is 2. The molecule has 0 fully saturated rings. The molecule has 1 heterocycles. The smallest absolute Gasteiger partial charge is 0.489 e. The van der Waals surface area contributed by atoms with Gasteiger partial charge in [0.25, 0.3) is 0 Å². The lowest BCUT2D eigenvalue weighted by Crippen LogP contribution is -2.17. The second kappa shape index (κ2) is 11.1. The Morgan fingerprint density at radius 3 is 2.35 bits per heavy atom. The number of aryl methyl sites for hydroxylation is 1. The van der Waals surface area contributed by atoms with Crippen LogP contribution in [-0.2, 0) is 24.4 Å². The van der Waals surface area contributed by atoms with E-state index in [4.69, 9.17) is 14.8 Å². The summed E-state index contributed by atoms with van der Waals surface area (Å²) in [5, 5.41) is 9.13. The van der Waals surface area contributed by atoms with Crippen molar-refractivity contribution < 1.29 is 32.5 Å². The normalized spacial score (nSPS) is 11.5. The molecule has 204 valence electrons. The SMILES string of the molecule is Cc1ccc(CC(=O)O)cc1OCc1ccccc1Cn1c(-c2ccc(OC(F)(F)F)cc2)nc2ccccc21. The van der Waals surface area contributed by atoms with Crippen molar-refractivity contribution in [1.29, 1.82) is 0 Å². The Hall–Kier alpha value is -4.79. The summed E-state index contributed by atoms with van der Waals surface area (Å²) in [6, 6.07) is 26.5. The zero-order valence-electron chi connectivity index (χ0n) is 21.5. The lowest BCUT2D eigenvalue weighted by molar-refractivity contribution is -0.274. The molecule has 0 saturated heterocycles. The first-order valence-corrected chi connectivity index (χ1v) is 12.5. The number of fused-ring (bicyclic) bond motifs is 1. The number of carboxylic acids is 1. The Morgan fingerprint density at radius 2 is 1.62 bits per heavy atom. The second-order valence-electron chi connectivity index (χ2n) is 9.31. The minimum Gasteiger partial charge on any atom is -0.489 e. The molecule has 0 aliphatic carbocycles. The number of ether oxygens (including phenoxy) is 2. The average molecular weight is 547 g/mol. The van der Waals surface area contributed by atoms with E-state index in [-0.39, 0.29) is 18.8 Å². The fourth-order valence-corrected chi connectivity index (χ4v) is 4.52. The molecule has 0 radical (unpaired) electrons. The van der Waals surface area contributed by atoms with Gasteiger partial charge in [-0.25, -0.2) is 4.98 Å². The van der Waals surface area contributed by atoms with E-state index in [1.807, 2.05) is 66.1 Å². The highest BCUT2D eigenvalue weighted by atomic mass is 19.4. The van der Waals surface area contributed by atoms with E-state index in [1.54, 1.807) is 24.3 Å². The van der Waals surface area contributed by atoms with Gasteiger partial charge in [-0.05, 0) is 71.6 Å². The van der Waals surface area contributed by atoms with Gasteiger partial charge in [0.2, 0.25) is 0 Å². The maximum absolute atomic E-state index is 12.6. The van der Waals surface area contributed by atoms with Gasteiger partial charge in [-0.15, -0.1) is 13.2 Å². The molecule has 5 aromatic rings. The molecule has 0 aliphatic rings. The van der Waals surface area contributed by atoms with E-state index in [0.717, 1.165) is 27.7 Å². The molecule has 0 amide bonds. The summed E-state index contributed by atoms with van der Waals surface area (Å²) in [6.07, 6.45) is -4.86. The number of hydrogen-bond donors (Lipinski definition) is 1. The average Bonchev–Trinajstić information content (AvgIpc) is 3.27. The summed E-state index contributed by atoms with van der Waals surface area (Å²) in [5.41, 5.74) is 5.74. The van der Waals surface area contributed by atoms with Gasteiger partial charge in [0.05, 0.1) is 24.0 Å². The van der Waals surface area contributed by atoms with Crippen LogP contribution < -0.4 is 9.47 Å². The van der Waals surface area contributed by atoms with E-state index in [9.17, 15) is 18.0 Å². The third kappa shape index (κ3) is 6.26. The van der Waals surface area contributed by atoms with Gasteiger partial charge in [-0.1, -0.05) is 48.5 Å². The van der Waals surface area contributed by atoms with Crippen LogP contribution in [0.1, 0.15) is 22.3 Å². The van der Waals surface area contributed by atoms with Gasteiger partial charge >= 0.3 is 12.3 Å². The topological polar surface area (TPSA) is 73.6 Å². The number of halogens is 3. The molecule has 9 heteroatoms. The third-order valence-electron chi connectivity index (χ3n) is 6.44. The van der Waals surface area contributed by atoms with Gasteiger partial charge in [-0.3, -0.25) is 4.79 Å². The van der Waals surface area contributed by atoms with Crippen molar-refractivity contribution in [2.24, 2.45) is 0 Å². The number of carbonyl (C=O) groups is 1.